The van der Waals surface area contributed by atoms with Crippen molar-refractivity contribution in [2.75, 3.05) is 0 Å². The first-order valence-electron chi connectivity index (χ1n) is 5.37. The van der Waals surface area contributed by atoms with Crippen LogP contribution in [0.1, 0.15) is 31.5 Å². The first-order valence-corrected chi connectivity index (χ1v) is 6.29. The Labute approximate surface area is 101 Å². The molecule has 0 saturated heterocycles. The predicted molar refractivity (Wildman–Crippen MR) is 68.3 cm³/mol. The predicted octanol–water partition coefficient (Wildman–Crippen LogP) is 3.04. The number of nitrogens with one attached hydrogen (secondary N) is 1. The van der Waals surface area contributed by atoms with Crippen molar-refractivity contribution in [2.45, 2.75) is 44.6 Å². The molecular weight excluding hydrogens is 252 g/mol. The molecule has 2 nitrogen and oxygen atoms in total. The van der Waals surface area contributed by atoms with Gasteiger partial charge in [0, 0.05) is 23.6 Å². The second-order valence-corrected chi connectivity index (χ2v) is 5.63. The van der Waals surface area contributed by atoms with Crippen LogP contribution in [0.15, 0.2) is 18.3 Å². The summed E-state index contributed by atoms with van der Waals surface area (Å²) in [6, 6.07) is 4.59. The summed E-state index contributed by atoms with van der Waals surface area (Å²) in [4.78, 5) is 4.92. The Morgan fingerprint density at radius 2 is 2.20 bits per heavy atom. The highest BCUT2D eigenvalue weighted by Gasteiger charge is 2.06. The van der Waals surface area contributed by atoms with Crippen LogP contribution in [-0.4, -0.2) is 15.9 Å². The molecule has 15 heavy (non-hydrogen) atoms. The van der Waals surface area contributed by atoms with Crippen molar-refractivity contribution >= 4 is 15.9 Å². The van der Waals surface area contributed by atoms with Crippen molar-refractivity contribution in [1.29, 1.82) is 0 Å². The van der Waals surface area contributed by atoms with Gasteiger partial charge in [0.2, 0.25) is 0 Å². The van der Waals surface area contributed by atoms with Gasteiger partial charge >= 0.3 is 0 Å². The smallest absolute Gasteiger partial charge is 0.0570 e. The molecule has 0 aliphatic carbocycles. The summed E-state index contributed by atoms with van der Waals surface area (Å²) in [5, 5.41) is 3.48. The van der Waals surface area contributed by atoms with Crippen molar-refractivity contribution in [3.63, 3.8) is 0 Å². The van der Waals surface area contributed by atoms with Crippen LogP contribution in [0.25, 0.3) is 0 Å². The van der Waals surface area contributed by atoms with Crippen LogP contribution in [0.4, 0.5) is 0 Å². The second-order valence-electron chi connectivity index (χ2n) is 4.07. The van der Waals surface area contributed by atoms with E-state index in [2.05, 4.69) is 53.1 Å². The van der Waals surface area contributed by atoms with Gasteiger partial charge < -0.3 is 5.32 Å². The monoisotopic (exact) mass is 270 g/mol. The molecule has 0 radical (unpaired) electrons. The number of aryl methyl sites for hydroxylation is 1. The van der Waals surface area contributed by atoms with Crippen molar-refractivity contribution in [2.24, 2.45) is 0 Å². The lowest BCUT2D eigenvalue weighted by Gasteiger charge is -2.15. The van der Waals surface area contributed by atoms with Crippen molar-refractivity contribution < 1.29 is 0 Å². The molecule has 84 valence electrons. The summed E-state index contributed by atoms with van der Waals surface area (Å²) in [6.07, 6.45) is 2.98. The van der Waals surface area contributed by atoms with Gasteiger partial charge in [0.15, 0.2) is 0 Å². The molecule has 0 fully saturated rings. The lowest BCUT2D eigenvalue weighted by atomic mass is 10.1. The van der Waals surface area contributed by atoms with Gasteiger partial charge in [-0.1, -0.05) is 28.9 Å². The van der Waals surface area contributed by atoms with E-state index in [1.807, 2.05) is 12.3 Å². The highest BCUT2D eigenvalue weighted by Crippen LogP contribution is 2.08. The minimum atomic E-state index is 0.515. The number of pyridine rings is 1. The van der Waals surface area contributed by atoms with Crippen molar-refractivity contribution in [1.82, 2.24) is 10.3 Å². The lowest BCUT2D eigenvalue weighted by molar-refractivity contribution is 0.510. The summed E-state index contributed by atoms with van der Waals surface area (Å²) >= 11 is 3.56. The van der Waals surface area contributed by atoms with E-state index in [0.29, 0.717) is 10.9 Å². The first kappa shape index (κ1) is 12.7. The van der Waals surface area contributed by atoms with Gasteiger partial charge in [0.1, 0.15) is 0 Å². The topological polar surface area (TPSA) is 24.9 Å². The molecule has 1 aromatic rings. The van der Waals surface area contributed by atoms with Crippen LogP contribution in [0.2, 0.25) is 0 Å². The number of rotatable bonds is 5. The summed E-state index contributed by atoms with van der Waals surface area (Å²) < 4.78 is 0. The average molecular weight is 271 g/mol. The van der Waals surface area contributed by atoms with E-state index in [1.165, 1.54) is 5.56 Å². The van der Waals surface area contributed by atoms with Crippen molar-refractivity contribution in [3.05, 3.63) is 29.6 Å². The SMILES string of the molecule is Cc1cccnc1CNC(C)CC(C)Br. The highest BCUT2D eigenvalue weighted by molar-refractivity contribution is 9.09. The maximum absolute atomic E-state index is 4.36. The maximum atomic E-state index is 4.36. The zero-order valence-electron chi connectivity index (χ0n) is 9.63. The molecule has 0 saturated carbocycles. The van der Waals surface area contributed by atoms with Gasteiger partial charge in [-0.25, -0.2) is 0 Å². The Kier molecular flexibility index (Phi) is 5.26. The fraction of sp³-hybridized carbons (Fsp3) is 0.583. The van der Waals surface area contributed by atoms with Gasteiger partial charge in [0.05, 0.1) is 5.69 Å². The Morgan fingerprint density at radius 3 is 2.80 bits per heavy atom. The van der Waals surface area contributed by atoms with Crippen LogP contribution in [0.3, 0.4) is 0 Å². The van der Waals surface area contributed by atoms with E-state index in [4.69, 9.17) is 0 Å². The third kappa shape index (κ3) is 4.76. The number of hydrogen-bond donors (Lipinski definition) is 1. The van der Waals surface area contributed by atoms with Crippen LogP contribution < -0.4 is 5.32 Å². The van der Waals surface area contributed by atoms with E-state index >= 15 is 0 Å². The van der Waals surface area contributed by atoms with Crippen LogP contribution in [-0.2, 0) is 6.54 Å². The van der Waals surface area contributed by atoms with Gasteiger partial charge in [-0.15, -0.1) is 0 Å². The van der Waals surface area contributed by atoms with Gasteiger partial charge in [-0.05, 0) is 31.9 Å². The molecule has 0 aliphatic rings. The minimum Gasteiger partial charge on any atom is -0.309 e. The number of nitrogens with zero attached hydrogens (tertiary/aromatic N) is 1. The second kappa shape index (κ2) is 6.23. The number of alkyl halides is 1. The van der Waals surface area contributed by atoms with Crippen molar-refractivity contribution in [3.8, 4) is 0 Å². The van der Waals surface area contributed by atoms with E-state index in [-0.39, 0.29) is 0 Å². The third-order valence-corrected chi connectivity index (χ3v) is 2.79. The Morgan fingerprint density at radius 1 is 1.47 bits per heavy atom. The van der Waals surface area contributed by atoms with Crippen LogP contribution >= 0.6 is 15.9 Å². The van der Waals surface area contributed by atoms with E-state index in [0.717, 1.165) is 18.7 Å². The molecule has 1 aromatic heterocycles. The molecule has 2 unspecified atom stereocenters. The molecule has 0 aromatic carbocycles. The summed E-state index contributed by atoms with van der Waals surface area (Å²) in [5.74, 6) is 0. The minimum absolute atomic E-state index is 0.515. The molecular formula is C12H19BrN2. The lowest BCUT2D eigenvalue weighted by Crippen LogP contribution is -2.28. The van der Waals surface area contributed by atoms with Crippen LogP contribution in [0, 0.1) is 6.92 Å². The third-order valence-electron chi connectivity index (χ3n) is 2.41. The standard InChI is InChI=1S/C12H19BrN2/c1-9-5-4-6-14-12(9)8-15-11(3)7-10(2)13/h4-6,10-11,15H,7-8H2,1-3H3. The maximum Gasteiger partial charge on any atom is 0.0570 e. The molecule has 2 atom stereocenters. The molecule has 1 heterocycles. The summed E-state index contributed by atoms with van der Waals surface area (Å²) in [5.41, 5.74) is 2.40. The summed E-state index contributed by atoms with van der Waals surface area (Å²) in [7, 11) is 0. The van der Waals surface area contributed by atoms with E-state index < -0.39 is 0 Å². The van der Waals surface area contributed by atoms with Crippen LogP contribution in [0.5, 0.6) is 0 Å². The number of hydrogen-bond acceptors (Lipinski definition) is 2. The summed E-state index contributed by atoms with van der Waals surface area (Å²) in [6.45, 7) is 7.33. The largest absolute Gasteiger partial charge is 0.309 e. The highest BCUT2D eigenvalue weighted by atomic mass is 79.9. The molecule has 1 rings (SSSR count). The fourth-order valence-corrected chi connectivity index (χ4v) is 2.11. The fourth-order valence-electron chi connectivity index (χ4n) is 1.54. The number of halogens is 1. The molecule has 0 amide bonds. The van der Waals surface area contributed by atoms with Gasteiger partial charge in [-0.3, -0.25) is 4.98 Å². The Hall–Kier alpha value is -0.410. The zero-order valence-corrected chi connectivity index (χ0v) is 11.2. The van der Waals surface area contributed by atoms with E-state index in [9.17, 15) is 0 Å². The normalized spacial score (nSPS) is 14.9. The Balaban J connectivity index is 2.40. The number of aromatic nitrogens is 1. The molecule has 3 heteroatoms. The molecule has 0 bridgehead atoms. The molecule has 0 aliphatic heterocycles. The quantitative estimate of drug-likeness (QED) is 0.833. The van der Waals surface area contributed by atoms with E-state index in [1.54, 1.807) is 0 Å². The molecule has 1 N–H and O–H groups in total. The zero-order chi connectivity index (χ0) is 11.3. The van der Waals surface area contributed by atoms with Gasteiger partial charge in [-0.2, -0.15) is 0 Å². The average Bonchev–Trinajstić information content (AvgIpc) is 2.15. The van der Waals surface area contributed by atoms with Gasteiger partial charge in [0.25, 0.3) is 0 Å². The molecule has 0 spiro atoms. The Bertz CT molecular complexity index is 299. The first-order chi connectivity index (χ1) is 7.09.